The van der Waals surface area contributed by atoms with Crippen LogP contribution in [-0.4, -0.2) is 109 Å². The molecule has 2 saturated heterocycles. The number of hydrogen-bond acceptors (Lipinski definition) is 12. The van der Waals surface area contributed by atoms with E-state index in [0.717, 1.165) is 6.26 Å². The molecular weight excluding hydrogens is 670 g/mol. The summed E-state index contributed by atoms with van der Waals surface area (Å²) in [5.41, 5.74) is 0.712. The molecule has 266 valence electrons. The second-order valence-corrected chi connectivity index (χ2v) is 16.2. The predicted molar refractivity (Wildman–Crippen MR) is 172 cm³/mol. The van der Waals surface area contributed by atoms with Crippen LogP contribution in [0.5, 0.6) is 17.2 Å². The van der Waals surface area contributed by atoms with Crippen molar-refractivity contribution in [2.24, 2.45) is 11.8 Å². The number of amides is 1. The smallest absolute Gasteiger partial charge is 0.407 e. The second-order valence-electron chi connectivity index (χ2n) is 12.4. The Balaban J connectivity index is 1.31. The number of carbonyl (C=O) groups excluding carboxylic acids is 1. The van der Waals surface area contributed by atoms with Crippen LogP contribution in [0.3, 0.4) is 0 Å². The van der Waals surface area contributed by atoms with Crippen molar-refractivity contribution in [1.29, 1.82) is 0 Å². The summed E-state index contributed by atoms with van der Waals surface area (Å²) < 4.78 is 86.9. The summed E-state index contributed by atoms with van der Waals surface area (Å²) in [5.74, 6) is 1.07. The number of ether oxygens (including phenoxy) is 6. The van der Waals surface area contributed by atoms with Crippen LogP contribution >= 0.6 is 0 Å². The molecule has 2 fully saturated rings. The van der Waals surface area contributed by atoms with Crippen molar-refractivity contribution in [1.82, 2.24) is 14.3 Å². The van der Waals surface area contributed by atoms with Crippen molar-refractivity contribution in [2.75, 3.05) is 52.5 Å². The molecule has 5 atom stereocenters. The van der Waals surface area contributed by atoms with E-state index >= 15 is 0 Å². The molecule has 3 heterocycles. The highest BCUT2D eigenvalue weighted by Gasteiger charge is 2.44. The number of carbonyl (C=O) groups is 1. The second kappa shape index (κ2) is 15.6. The Hall–Kier alpha value is -3.19. The Morgan fingerprint density at radius 2 is 1.79 bits per heavy atom. The van der Waals surface area contributed by atoms with Gasteiger partial charge in [-0.1, -0.05) is 26.0 Å². The number of aliphatic hydroxyl groups excluding tert-OH is 1. The molecule has 0 aliphatic carbocycles. The van der Waals surface area contributed by atoms with Crippen LogP contribution in [0.15, 0.2) is 47.4 Å². The van der Waals surface area contributed by atoms with E-state index in [1.807, 2.05) is 13.8 Å². The highest BCUT2D eigenvalue weighted by Crippen LogP contribution is 2.35. The monoisotopic (exact) mass is 713 g/mol. The van der Waals surface area contributed by atoms with Gasteiger partial charge in [0.15, 0.2) is 17.8 Å². The minimum atomic E-state index is -4.10. The van der Waals surface area contributed by atoms with Crippen LogP contribution < -0.4 is 24.2 Å². The van der Waals surface area contributed by atoms with Gasteiger partial charge in [0.1, 0.15) is 18.5 Å². The molecule has 0 aromatic heterocycles. The van der Waals surface area contributed by atoms with Gasteiger partial charge in [0.05, 0.1) is 42.4 Å². The van der Waals surface area contributed by atoms with E-state index in [4.69, 9.17) is 28.4 Å². The predicted octanol–water partition coefficient (Wildman–Crippen LogP) is 1.45. The zero-order chi connectivity index (χ0) is 34.5. The van der Waals surface area contributed by atoms with Crippen molar-refractivity contribution < 1.29 is 55.2 Å². The van der Waals surface area contributed by atoms with E-state index in [1.54, 1.807) is 24.3 Å². The van der Waals surface area contributed by atoms with Crippen LogP contribution in [-0.2, 0) is 40.7 Å². The Morgan fingerprint density at radius 3 is 2.52 bits per heavy atom. The van der Waals surface area contributed by atoms with Crippen LogP contribution in [0.1, 0.15) is 25.8 Å². The molecule has 3 aliphatic rings. The number of hydrogen-bond donors (Lipinski definition) is 3. The van der Waals surface area contributed by atoms with Crippen molar-refractivity contribution in [3.05, 3.63) is 48.0 Å². The number of benzene rings is 2. The molecule has 17 heteroatoms. The van der Waals surface area contributed by atoms with Crippen molar-refractivity contribution in [3.63, 3.8) is 0 Å². The lowest BCUT2D eigenvalue weighted by atomic mass is 10.0. The lowest BCUT2D eigenvalue weighted by Crippen LogP contribution is -2.51. The molecule has 1 amide bonds. The number of nitrogens with one attached hydrogen (secondary N) is 2. The van der Waals surface area contributed by atoms with Crippen LogP contribution in [0.2, 0.25) is 0 Å². The summed E-state index contributed by atoms with van der Waals surface area (Å²) in [6, 6.07) is 10.3. The van der Waals surface area contributed by atoms with Gasteiger partial charge in [0.25, 0.3) is 0 Å². The van der Waals surface area contributed by atoms with Crippen molar-refractivity contribution in [2.45, 2.75) is 56.1 Å². The molecule has 48 heavy (non-hydrogen) atoms. The zero-order valence-corrected chi connectivity index (χ0v) is 28.7. The molecule has 0 bridgehead atoms. The van der Waals surface area contributed by atoms with Crippen molar-refractivity contribution >= 4 is 26.1 Å². The summed E-state index contributed by atoms with van der Waals surface area (Å²) in [6.45, 7) is 4.42. The zero-order valence-electron chi connectivity index (χ0n) is 27.1. The highest BCUT2D eigenvalue weighted by molar-refractivity contribution is 7.89. The molecule has 0 unspecified atom stereocenters. The molecule has 2 aromatic rings. The minimum absolute atomic E-state index is 0.00832. The average molecular weight is 714 g/mol. The first-order valence-corrected chi connectivity index (χ1v) is 19.1. The topological polar surface area (TPSA) is 188 Å². The van der Waals surface area contributed by atoms with Crippen LogP contribution in [0, 0.1) is 11.8 Å². The van der Waals surface area contributed by atoms with Gasteiger partial charge in [-0.15, -0.1) is 0 Å². The molecule has 0 saturated carbocycles. The third-order valence-electron chi connectivity index (χ3n) is 8.07. The number of nitrogens with zero attached hydrogens (tertiary/aromatic N) is 1. The van der Waals surface area contributed by atoms with Crippen LogP contribution in [0.25, 0.3) is 0 Å². The van der Waals surface area contributed by atoms with Gasteiger partial charge in [0.2, 0.25) is 26.8 Å². The van der Waals surface area contributed by atoms with Gasteiger partial charge in [-0.05, 0) is 48.6 Å². The van der Waals surface area contributed by atoms with E-state index in [0.29, 0.717) is 35.8 Å². The number of sulfonamides is 2. The largest absolute Gasteiger partial charge is 0.492 e. The maximum atomic E-state index is 13.9. The van der Waals surface area contributed by atoms with Gasteiger partial charge in [-0.2, -0.15) is 4.31 Å². The van der Waals surface area contributed by atoms with E-state index in [1.165, 1.54) is 22.5 Å². The SMILES string of the molecule is CC(C)CN(C[C@H](O)[C@H](Cc1ccc(OCCNS(C)(=O)=O)cc1)NC(=O)O[C@H]1CO[C@H]2OCC[C@H]21)S(=O)(=O)c1ccc2c(c1)OCO2. The normalized spacial score (nSPS) is 21.7. The van der Waals surface area contributed by atoms with Gasteiger partial charge in [0, 0.05) is 25.7 Å². The molecule has 0 radical (unpaired) electrons. The number of aliphatic hydroxyl groups is 1. The molecule has 15 nitrogen and oxygen atoms in total. The maximum absolute atomic E-state index is 13.9. The third-order valence-corrected chi connectivity index (χ3v) is 10.6. The molecule has 0 spiro atoms. The van der Waals surface area contributed by atoms with E-state index < -0.39 is 50.7 Å². The standard InChI is InChI=1S/C31H43N3O12S2/c1-20(2)16-34(48(39,40)23-8-9-27-28(15-23)45-19-44-27)17-26(35)25(33-31(36)46-29-18-43-30-24(29)10-12-42-30)14-21-4-6-22(7-5-21)41-13-11-32-47(3,37)38/h4-9,15,20,24-26,29-30,32,35H,10-14,16-19H2,1-3H3,(H,33,36)/t24-,25-,26-,29-,30+/m0/s1. The first kappa shape index (κ1) is 36.1. The van der Waals surface area contributed by atoms with Gasteiger partial charge >= 0.3 is 6.09 Å². The Labute approximate surface area is 280 Å². The Bertz CT molecular complexity index is 1620. The van der Waals surface area contributed by atoms with E-state index in [-0.39, 0.29) is 62.8 Å². The fraction of sp³-hybridized carbons (Fsp3) is 0.581. The third kappa shape index (κ3) is 9.49. The lowest BCUT2D eigenvalue weighted by Gasteiger charge is -2.31. The Morgan fingerprint density at radius 1 is 1.04 bits per heavy atom. The fourth-order valence-electron chi connectivity index (χ4n) is 5.73. The minimum Gasteiger partial charge on any atom is -0.492 e. The first-order valence-electron chi connectivity index (χ1n) is 15.7. The van der Waals surface area contributed by atoms with Crippen molar-refractivity contribution in [3.8, 4) is 17.2 Å². The maximum Gasteiger partial charge on any atom is 0.407 e. The summed E-state index contributed by atoms with van der Waals surface area (Å²) in [7, 11) is -7.43. The highest BCUT2D eigenvalue weighted by atomic mass is 32.2. The summed E-state index contributed by atoms with van der Waals surface area (Å²) in [4.78, 5) is 13.2. The number of alkyl carbamates (subject to hydrolysis) is 1. The summed E-state index contributed by atoms with van der Waals surface area (Å²) in [6.07, 6.45) is -1.18. The average Bonchev–Trinajstić information content (AvgIpc) is 3.77. The summed E-state index contributed by atoms with van der Waals surface area (Å²) >= 11 is 0. The first-order chi connectivity index (χ1) is 22.8. The van der Waals surface area contributed by atoms with E-state index in [2.05, 4.69) is 10.0 Å². The van der Waals surface area contributed by atoms with E-state index in [9.17, 15) is 26.7 Å². The number of fused-ring (bicyclic) bond motifs is 2. The lowest BCUT2D eigenvalue weighted by molar-refractivity contribution is -0.0907. The van der Waals surface area contributed by atoms with Crippen LogP contribution in [0.4, 0.5) is 4.79 Å². The number of rotatable bonds is 16. The fourth-order valence-corrected chi connectivity index (χ4v) is 7.82. The summed E-state index contributed by atoms with van der Waals surface area (Å²) in [5, 5.41) is 14.4. The van der Waals surface area contributed by atoms with Gasteiger partial charge in [-0.25, -0.2) is 26.4 Å². The molecule has 3 aliphatic heterocycles. The molecular formula is C31H43N3O12S2. The molecule has 2 aromatic carbocycles. The molecule has 5 rings (SSSR count). The van der Waals surface area contributed by atoms with Gasteiger partial charge < -0.3 is 38.8 Å². The quantitative estimate of drug-likeness (QED) is 0.213. The van der Waals surface area contributed by atoms with Gasteiger partial charge in [-0.3, -0.25) is 0 Å². The molecule has 3 N–H and O–H groups in total. The Kier molecular flexibility index (Phi) is 11.7.